The number of para-hydroxylation sites is 2. The number of hydrogen-bond acceptors (Lipinski definition) is 6. The van der Waals surface area contributed by atoms with E-state index in [4.69, 9.17) is 9.47 Å². The summed E-state index contributed by atoms with van der Waals surface area (Å²) >= 11 is 0. The van der Waals surface area contributed by atoms with Crippen molar-refractivity contribution in [2.24, 2.45) is 11.8 Å². The summed E-state index contributed by atoms with van der Waals surface area (Å²) in [5, 5.41) is 6.94. The Bertz CT molecular complexity index is 998. The quantitative estimate of drug-likeness (QED) is 0.609. The Balaban J connectivity index is 1.87. The minimum atomic E-state index is -0.809. The molecule has 2 aromatic rings. The molecule has 0 aromatic heterocycles. The molecule has 0 fully saturated rings. The van der Waals surface area contributed by atoms with E-state index in [2.05, 4.69) is 10.6 Å². The average molecular weight is 392 g/mol. The van der Waals surface area contributed by atoms with Gasteiger partial charge in [0.05, 0.1) is 31.6 Å². The van der Waals surface area contributed by atoms with Gasteiger partial charge in [-0.2, -0.15) is 0 Å². The molecule has 0 saturated heterocycles. The van der Waals surface area contributed by atoms with Crippen molar-refractivity contribution in [2.45, 2.75) is 19.4 Å². The van der Waals surface area contributed by atoms with Gasteiger partial charge in [-0.25, -0.2) is 0 Å². The summed E-state index contributed by atoms with van der Waals surface area (Å²) < 4.78 is 10.3. The van der Waals surface area contributed by atoms with Crippen LogP contribution in [0.15, 0.2) is 59.8 Å². The third kappa shape index (κ3) is 3.35. The molecule has 29 heavy (non-hydrogen) atoms. The smallest absolute Gasteiger partial charge is 0.316 e. The first-order valence-corrected chi connectivity index (χ1v) is 9.65. The third-order valence-corrected chi connectivity index (χ3v) is 5.65. The number of ether oxygens (including phenoxy) is 2. The van der Waals surface area contributed by atoms with Crippen LogP contribution in [-0.4, -0.2) is 26.0 Å². The van der Waals surface area contributed by atoms with Crippen LogP contribution in [0.25, 0.3) is 0 Å². The van der Waals surface area contributed by atoms with Gasteiger partial charge in [0.2, 0.25) is 0 Å². The number of rotatable bonds is 3. The summed E-state index contributed by atoms with van der Waals surface area (Å²) in [4.78, 5) is 25.9. The Hall–Kier alpha value is -3.28. The van der Waals surface area contributed by atoms with Crippen LogP contribution in [0.4, 0.5) is 11.4 Å². The maximum absolute atomic E-state index is 13.5. The number of hydrogen-bond donors (Lipinski definition) is 2. The molecule has 0 bridgehead atoms. The second kappa shape index (κ2) is 7.62. The molecule has 0 radical (unpaired) electrons. The largest absolute Gasteiger partial charge is 0.497 e. The van der Waals surface area contributed by atoms with Crippen molar-refractivity contribution >= 4 is 23.1 Å². The van der Waals surface area contributed by atoms with Crippen LogP contribution in [0, 0.1) is 11.8 Å². The molecule has 150 valence electrons. The Morgan fingerprint density at radius 1 is 1.07 bits per heavy atom. The zero-order valence-corrected chi connectivity index (χ0v) is 16.7. The molecule has 1 aliphatic carbocycles. The number of allylic oxidation sites excluding steroid dienone is 1. The van der Waals surface area contributed by atoms with Gasteiger partial charge in [0, 0.05) is 11.3 Å². The van der Waals surface area contributed by atoms with E-state index < -0.39 is 17.9 Å². The lowest BCUT2D eigenvalue weighted by Crippen LogP contribution is -2.39. The van der Waals surface area contributed by atoms with E-state index >= 15 is 0 Å². The summed E-state index contributed by atoms with van der Waals surface area (Å²) in [7, 11) is 2.94. The number of anilines is 2. The van der Waals surface area contributed by atoms with E-state index in [-0.39, 0.29) is 11.7 Å². The fourth-order valence-electron chi connectivity index (χ4n) is 4.20. The maximum Gasteiger partial charge on any atom is 0.316 e. The summed E-state index contributed by atoms with van der Waals surface area (Å²) in [5.74, 6) is -0.946. The van der Waals surface area contributed by atoms with E-state index in [1.54, 1.807) is 7.11 Å². The lowest BCUT2D eigenvalue weighted by Gasteiger charge is -2.32. The van der Waals surface area contributed by atoms with Gasteiger partial charge in [-0.3, -0.25) is 9.59 Å². The number of ketones is 1. The fourth-order valence-corrected chi connectivity index (χ4v) is 4.20. The van der Waals surface area contributed by atoms with Crippen LogP contribution < -0.4 is 15.4 Å². The van der Waals surface area contributed by atoms with Crippen molar-refractivity contribution in [1.82, 2.24) is 0 Å². The van der Waals surface area contributed by atoms with Crippen LogP contribution in [0.1, 0.15) is 24.9 Å². The highest BCUT2D eigenvalue weighted by Crippen LogP contribution is 2.44. The molecular formula is C23H24N2O4. The van der Waals surface area contributed by atoms with Crippen LogP contribution >= 0.6 is 0 Å². The third-order valence-electron chi connectivity index (χ3n) is 5.65. The molecule has 6 heteroatoms. The van der Waals surface area contributed by atoms with Gasteiger partial charge >= 0.3 is 5.97 Å². The SMILES string of the molecule is COC(=O)[C@@H]1C(=O)C2=C(C[C@H]1C)Nc1ccccc1N[C@H]2c1cccc(OC)c1. The highest BCUT2D eigenvalue weighted by Gasteiger charge is 2.44. The molecule has 1 heterocycles. The highest BCUT2D eigenvalue weighted by molar-refractivity contribution is 6.11. The van der Waals surface area contributed by atoms with Gasteiger partial charge in [-0.05, 0) is 42.2 Å². The fraction of sp³-hybridized carbons (Fsp3) is 0.304. The number of benzene rings is 2. The highest BCUT2D eigenvalue weighted by atomic mass is 16.5. The van der Waals surface area contributed by atoms with Crippen molar-refractivity contribution in [1.29, 1.82) is 0 Å². The van der Waals surface area contributed by atoms with E-state index in [0.717, 1.165) is 22.6 Å². The number of carbonyl (C=O) groups is 2. The van der Waals surface area contributed by atoms with Gasteiger partial charge < -0.3 is 20.1 Å². The lowest BCUT2D eigenvalue weighted by atomic mass is 9.75. The minimum absolute atomic E-state index is 0.155. The predicted octanol–water partition coefficient (Wildman–Crippen LogP) is 3.93. The van der Waals surface area contributed by atoms with Crippen molar-refractivity contribution in [2.75, 3.05) is 24.9 Å². The van der Waals surface area contributed by atoms with Crippen molar-refractivity contribution in [3.05, 3.63) is 65.4 Å². The normalized spacial score (nSPS) is 23.1. The zero-order chi connectivity index (χ0) is 20.5. The van der Waals surface area contributed by atoms with Gasteiger partial charge in [0.25, 0.3) is 0 Å². The Kier molecular flexibility index (Phi) is 5.01. The molecule has 3 atom stereocenters. The second-order valence-electron chi connectivity index (χ2n) is 7.46. The molecule has 2 aliphatic rings. The first-order chi connectivity index (χ1) is 14.0. The van der Waals surface area contributed by atoms with E-state index in [0.29, 0.717) is 17.7 Å². The number of nitrogens with one attached hydrogen (secondary N) is 2. The molecule has 0 unspecified atom stereocenters. The van der Waals surface area contributed by atoms with Crippen LogP contribution in [0.2, 0.25) is 0 Å². The summed E-state index contributed by atoms with van der Waals surface area (Å²) in [6.07, 6.45) is 0.581. The van der Waals surface area contributed by atoms with Crippen molar-refractivity contribution < 1.29 is 19.1 Å². The van der Waals surface area contributed by atoms with Crippen LogP contribution in [0.5, 0.6) is 5.75 Å². The van der Waals surface area contributed by atoms with E-state index in [1.165, 1.54) is 7.11 Å². The molecule has 1 aliphatic heterocycles. The summed E-state index contributed by atoms with van der Waals surface area (Å²) in [5.41, 5.74) is 4.10. The second-order valence-corrected chi connectivity index (χ2v) is 7.46. The molecule has 2 aromatic carbocycles. The topological polar surface area (TPSA) is 76.7 Å². The minimum Gasteiger partial charge on any atom is -0.497 e. The standard InChI is InChI=1S/C23H24N2O4/c1-13-11-18-20(22(26)19(13)23(27)29-3)21(14-7-6-8-15(12-14)28-2)25-17-10-5-4-9-16(17)24-18/h4-10,12-13,19,21,24-25H,11H2,1-3H3/t13-,19+,21+/m1/s1. The first-order valence-electron chi connectivity index (χ1n) is 9.65. The summed E-state index contributed by atoms with van der Waals surface area (Å²) in [6, 6.07) is 15.1. The molecule has 6 nitrogen and oxygen atoms in total. The van der Waals surface area contributed by atoms with Crippen LogP contribution in [-0.2, 0) is 14.3 Å². The number of fused-ring (bicyclic) bond motifs is 1. The molecule has 0 spiro atoms. The van der Waals surface area contributed by atoms with E-state index in [9.17, 15) is 9.59 Å². The van der Waals surface area contributed by atoms with Crippen LogP contribution in [0.3, 0.4) is 0 Å². The number of methoxy groups -OCH3 is 2. The van der Waals surface area contributed by atoms with Gasteiger partial charge in [0.15, 0.2) is 5.78 Å². The molecule has 4 rings (SSSR count). The average Bonchev–Trinajstić information content (AvgIpc) is 2.90. The zero-order valence-electron chi connectivity index (χ0n) is 16.7. The van der Waals surface area contributed by atoms with Gasteiger partial charge in [-0.1, -0.05) is 31.2 Å². The molecule has 0 amide bonds. The number of esters is 1. The Morgan fingerprint density at radius 2 is 1.83 bits per heavy atom. The van der Waals surface area contributed by atoms with Crippen molar-refractivity contribution in [3.63, 3.8) is 0 Å². The molecular weight excluding hydrogens is 368 g/mol. The number of carbonyl (C=O) groups excluding carboxylic acids is 2. The summed E-state index contributed by atoms with van der Waals surface area (Å²) in [6.45, 7) is 1.91. The maximum atomic E-state index is 13.5. The van der Waals surface area contributed by atoms with Crippen molar-refractivity contribution in [3.8, 4) is 5.75 Å². The Morgan fingerprint density at radius 3 is 2.55 bits per heavy atom. The van der Waals surface area contributed by atoms with E-state index in [1.807, 2.05) is 55.5 Å². The lowest BCUT2D eigenvalue weighted by molar-refractivity contribution is -0.151. The Labute approximate surface area is 169 Å². The molecule has 0 saturated carbocycles. The predicted molar refractivity (Wildman–Crippen MR) is 111 cm³/mol. The first kappa shape index (κ1) is 19.1. The number of Topliss-reactive ketones (excluding diaryl/α,β-unsaturated/α-hetero) is 1. The monoisotopic (exact) mass is 392 g/mol. The van der Waals surface area contributed by atoms with Gasteiger partial charge in [-0.15, -0.1) is 0 Å². The van der Waals surface area contributed by atoms with Gasteiger partial charge in [0.1, 0.15) is 11.7 Å². The molecule has 2 N–H and O–H groups in total.